The topological polar surface area (TPSA) is 144 Å². The number of carbonyl (C=O) groups is 1. The van der Waals surface area contributed by atoms with Gasteiger partial charge in [-0.2, -0.15) is 0 Å². The van der Waals surface area contributed by atoms with Gasteiger partial charge in [-0.25, -0.2) is 0 Å². The van der Waals surface area contributed by atoms with Gasteiger partial charge in [-0.3, -0.25) is 29.8 Å². The molecule has 0 aliphatic carbocycles. The first-order valence-corrected chi connectivity index (χ1v) is 6.94. The average molecular weight is 344 g/mol. The number of carbonyl (C=O) groups excluding carboxylic acids is 1. The summed E-state index contributed by atoms with van der Waals surface area (Å²) in [5, 5.41) is 8.64. The van der Waals surface area contributed by atoms with Crippen molar-refractivity contribution < 1.29 is 15.5 Å². The fourth-order valence-corrected chi connectivity index (χ4v) is 2.14. The zero-order valence-electron chi connectivity index (χ0n) is 13.2. The molecule has 0 radical (unpaired) electrons. The fourth-order valence-electron chi connectivity index (χ4n) is 2.14. The monoisotopic (exact) mass is 344 g/mol. The van der Waals surface area contributed by atoms with Crippen LogP contribution in [0.4, 0.5) is 0 Å². The summed E-state index contributed by atoms with van der Waals surface area (Å²) in [5.74, 6) is -0.360. The molecule has 0 spiro atoms. The Labute approximate surface area is 141 Å². The van der Waals surface area contributed by atoms with Gasteiger partial charge in [0.15, 0.2) is 0 Å². The van der Waals surface area contributed by atoms with Gasteiger partial charge in [-0.1, -0.05) is 42.0 Å². The van der Waals surface area contributed by atoms with E-state index >= 15 is 0 Å². The normalized spacial score (nSPS) is 9.68. The van der Waals surface area contributed by atoms with Crippen molar-refractivity contribution in [2.45, 2.75) is 6.92 Å². The van der Waals surface area contributed by atoms with Crippen LogP contribution in [-0.4, -0.2) is 16.6 Å². The number of hydrogen-bond acceptors (Lipinski definition) is 6. The molecule has 0 bridgehead atoms. The maximum Gasteiger partial charge on any atom is 0.273 e. The molecule has 3 aromatic carbocycles. The second-order valence-electron chi connectivity index (χ2n) is 4.97. The van der Waals surface area contributed by atoms with Gasteiger partial charge in [-0.05, 0) is 19.1 Å². The lowest BCUT2D eigenvalue weighted by Gasteiger charge is -2.01. The van der Waals surface area contributed by atoms with Crippen LogP contribution in [0.5, 0.6) is 0 Å². The Morgan fingerprint density at radius 1 is 0.880 bits per heavy atom. The minimum absolute atomic E-state index is 0. The fraction of sp³-hybridized carbons (Fsp3) is 0.0588. The molecule has 0 heterocycles. The van der Waals surface area contributed by atoms with Crippen LogP contribution in [0.25, 0.3) is 10.8 Å². The van der Waals surface area contributed by atoms with Gasteiger partial charge in [0.2, 0.25) is 10.9 Å². The van der Waals surface area contributed by atoms with Crippen molar-refractivity contribution in [3.63, 3.8) is 0 Å². The van der Waals surface area contributed by atoms with Crippen molar-refractivity contribution in [3.8, 4) is 0 Å². The minimum Gasteiger partial charge on any atom is -0.412 e. The highest BCUT2D eigenvalue weighted by Gasteiger charge is 2.09. The van der Waals surface area contributed by atoms with Crippen LogP contribution in [0.1, 0.15) is 15.9 Å². The second-order valence-corrected chi connectivity index (χ2v) is 4.97. The van der Waals surface area contributed by atoms with Gasteiger partial charge in [0, 0.05) is 16.3 Å². The third kappa shape index (κ3) is 4.42. The van der Waals surface area contributed by atoms with Crippen molar-refractivity contribution in [1.82, 2.24) is 11.0 Å². The molecule has 0 aromatic heterocycles. The van der Waals surface area contributed by atoms with Crippen LogP contribution in [0, 0.1) is 6.92 Å². The van der Waals surface area contributed by atoms with Crippen molar-refractivity contribution in [2.75, 3.05) is 0 Å². The van der Waals surface area contributed by atoms with Gasteiger partial charge in [0.05, 0.1) is 0 Å². The molecular formula is C17H16N2O6. The predicted octanol–water partition coefficient (Wildman–Crippen LogP) is -0.410. The summed E-state index contributed by atoms with van der Waals surface area (Å²) in [6, 6.07) is 13.3. The Kier molecular flexibility index (Phi) is 6.82. The van der Waals surface area contributed by atoms with E-state index in [2.05, 4.69) is 5.43 Å². The largest absolute Gasteiger partial charge is 0.412 e. The predicted molar refractivity (Wildman–Crippen MR) is 92.3 cm³/mol. The maximum absolute atomic E-state index is 11.1. The van der Waals surface area contributed by atoms with E-state index in [0.29, 0.717) is 5.56 Å². The zero-order valence-corrected chi connectivity index (χ0v) is 13.2. The van der Waals surface area contributed by atoms with Gasteiger partial charge in [0.1, 0.15) is 0 Å². The van der Waals surface area contributed by atoms with E-state index in [4.69, 9.17) is 5.21 Å². The Morgan fingerprint density at radius 3 is 1.92 bits per heavy atom. The summed E-state index contributed by atoms with van der Waals surface area (Å²) in [5.41, 5.74) is 2.86. The molecule has 8 nitrogen and oxygen atoms in total. The Morgan fingerprint density at radius 2 is 1.44 bits per heavy atom. The molecular weight excluding hydrogens is 328 g/mol. The first-order chi connectivity index (χ1) is 11.5. The van der Waals surface area contributed by atoms with E-state index in [-0.39, 0.29) is 22.2 Å². The molecule has 8 heteroatoms. The summed E-state index contributed by atoms with van der Waals surface area (Å²) >= 11 is 0. The van der Waals surface area contributed by atoms with Gasteiger partial charge in [-0.15, -0.1) is 5.59 Å². The van der Waals surface area contributed by atoms with E-state index in [0.717, 1.165) is 5.56 Å². The van der Waals surface area contributed by atoms with Crippen molar-refractivity contribution >= 4 is 16.7 Å². The molecule has 5 N–H and O–H groups in total. The number of rotatable bonds is 2. The molecule has 130 valence electrons. The van der Waals surface area contributed by atoms with E-state index in [9.17, 15) is 19.2 Å². The summed E-state index contributed by atoms with van der Waals surface area (Å²) in [6.45, 7) is 1.89. The van der Waals surface area contributed by atoms with Crippen LogP contribution in [0.15, 0.2) is 62.9 Å². The third-order valence-corrected chi connectivity index (χ3v) is 3.28. The van der Waals surface area contributed by atoms with E-state index in [1.54, 1.807) is 35.9 Å². The highest BCUT2D eigenvalue weighted by molar-refractivity contribution is 5.93. The molecule has 3 aromatic rings. The Balaban J connectivity index is 0.000000240. The third-order valence-electron chi connectivity index (χ3n) is 3.28. The van der Waals surface area contributed by atoms with Crippen LogP contribution >= 0.6 is 0 Å². The van der Waals surface area contributed by atoms with Crippen molar-refractivity contribution in [2.24, 2.45) is 0 Å². The molecule has 0 saturated carbocycles. The van der Waals surface area contributed by atoms with Crippen LogP contribution in [0.2, 0.25) is 0 Å². The quantitative estimate of drug-likeness (QED) is 0.426. The zero-order chi connectivity index (χ0) is 17.7. The van der Waals surface area contributed by atoms with Crippen molar-refractivity contribution in [1.29, 1.82) is 0 Å². The van der Waals surface area contributed by atoms with E-state index in [1.807, 2.05) is 13.0 Å². The van der Waals surface area contributed by atoms with Crippen LogP contribution < -0.4 is 27.3 Å². The lowest BCUT2D eigenvalue weighted by Crippen LogP contribution is -2.34. The standard InChI is InChI=1S/C9H4O3.C8H10N2O2.H2O/c10-7-5-3-1-2-4-6(5)8(11)9(7)12;1-6-3-2-4-7(5-6)8(11)9-10-12;/h1-4H;2-5,10,12H,1H3,(H,9,11);1H2. The Bertz CT molecular complexity index is 972. The first kappa shape index (κ1) is 19.8. The highest BCUT2D eigenvalue weighted by Crippen LogP contribution is 2.03. The molecule has 0 aliphatic rings. The summed E-state index contributed by atoms with van der Waals surface area (Å²) in [4.78, 5) is 44.0. The summed E-state index contributed by atoms with van der Waals surface area (Å²) < 4.78 is 0. The highest BCUT2D eigenvalue weighted by atomic mass is 16.5. The lowest BCUT2D eigenvalue weighted by molar-refractivity contribution is 0.0731. The number of aryl methyl sites for hydroxylation is 1. The molecule has 0 aliphatic heterocycles. The molecule has 1 amide bonds. The Hall–Kier alpha value is -3.20. The number of fused-ring (bicyclic) bond motifs is 1. The number of nitrogens with one attached hydrogen (secondary N) is 2. The number of hydrogen-bond donors (Lipinski definition) is 3. The van der Waals surface area contributed by atoms with Gasteiger partial charge < -0.3 is 5.48 Å². The number of benzene rings is 2. The van der Waals surface area contributed by atoms with Crippen LogP contribution in [0.3, 0.4) is 0 Å². The number of amides is 1. The maximum atomic E-state index is 11.1. The van der Waals surface area contributed by atoms with Gasteiger partial charge in [0.25, 0.3) is 11.3 Å². The smallest absolute Gasteiger partial charge is 0.273 e. The van der Waals surface area contributed by atoms with Crippen LogP contribution in [-0.2, 0) is 0 Å². The summed E-state index contributed by atoms with van der Waals surface area (Å²) in [7, 11) is 0. The SMILES string of the molecule is Cc1cccc(C(=O)NNO)c1.O.O=c1c(=O)c2ccccc2c1=O. The van der Waals surface area contributed by atoms with E-state index in [1.165, 1.54) is 12.1 Å². The van der Waals surface area contributed by atoms with E-state index < -0.39 is 16.3 Å². The molecule has 0 fully saturated rings. The first-order valence-electron chi connectivity index (χ1n) is 6.94. The van der Waals surface area contributed by atoms with Crippen molar-refractivity contribution in [3.05, 3.63) is 90.3 Å². The summed E-state index contributed by atoms with van der Waals surface area (Å²) in [6.07, 6.45) is 0. The molecule has 0 saturated heterocycles. The van der Waals surface area contributed by atoms with Gasteiger partial charge >= 0.3 is 0 Å². The molecule has 3 rings (SSSR count). The minimum atomic E-state index is -0.920. The molecule has 25 heavy (non-hydrogen) atoms. The lowest BCUT2D eigenvalue weighted by atomic mass is 10.1. The molecule has 0 unspecified atom stereocenters. The molecule has 0 atom stereocenters. The average Bonchev–Trinajstić information content (AvgIpc) is 2.81. The number of hydrazine groups is 1. The second kappa shape index (κ2) is 8.60.